The van der Waals surface area contributed by atoms with Gasteiger partial charge in [0.1, 0.15) is 0 Å². The first-order valence-electron chi connectivity index (χ1n) is 8.27. The number of benzene rings is 1. The molecule has 0 unspecified atom stereocenters. The molecule has 138 valence electrons. The third-order valence-electron chi connectivity index (χ3n) is 4.07. The van der Waals surface area contributed by atoms with Crippen LogP contribution in [0.1, 0.15) is 13.3 Å². The monoisotopic (exact) mass is 387 g/mol. The lowest BCUT2D eigenvalue weighted by molar-refractivity contribution is -0.129. The summed E-state index contributed by atoms with van der Waals surface area (Å²) in [5.74, 6) is -0.274. The molecule has 1 saturated heterocycles. The molecule has 0 radical (unpaired) electrons. The van der Waals surface area contributed by atoms with Crippen LogP contribution in [0, 0.1) is 0 Å². The van der Waals surface area contributed by atoms with Crippen molar-refractivity contribution in [1.29, 1.82) is 0 Å². The van der Waals surface area contributed by atoms with Crippen molar-refractivity contribution in [2.24, 2.45) is 0 Å². The molecule has 0 spiro atoms. The van der Waals surface area contributed by atoms with Gasteiger partial charge in [0.25, 0.3) is 0 Å². The summed E-state index contributed by atoms with van der Waals surface area (Å²) in [5, 5.41) is 3.48. The molecular formula is C17H23Cl2N3O3. The van der Waals surface area contributed by atoms with Crippen LogP contribution >= 0.6 is 23.2 Å². The topological polar surface area (TPSA) is 61.9 Å². The van der Waals surface area contributed by atoms with Crippen LogP contribution < -0.4 is 5.32 Å². The second-order valence-corrected chi connectivity index (χ2v) is 6.67. The van der Waals surface area contributed by atoms with Gasteiger partial charge >= 0.3 is 0 Å². The summed E-state index contributed by atoms with van der Waals surface area (Å²) in [4.78, 5) is 27.9. The van der Waals surface area contributed by atoms with Crippen molar-refractivity contribution >= 4 is 40.7 Å². The number of anilines is 1. The third kappa shape index (κ3) is 6.47. The Morgan fingerprint density at radius 2 is 1.84 bits per heavy atom. The van der Waals surface area contributed by atoms with Crippen molar-refractivity contribution in [1.82, 2.24) is 9.80 Å². The van der Waals surface area contributed by atoms with Crippen LogP contribution in [0.3, 0.4) is 0 Å². The minimum Gasteiger partial charge on any atom is -0.379 e. The van der Waals surface area contributed by atoms with Gasteiger partial charge in [-0.1, -0.05) is 29.3 Å². The average Bonchev–Trinajstić information content (AvgIpc) is 2.59. The van der Waals surface area contributed by atoms with Crippen LogP contribution in [0.2, 0.25) is 10.0 Å². The maximum atomic E-state index is 12.2. The van der Waals surface area contributed by atoms with Crippen LogP contribution in [0.25, 0.3) is 0 Å². The number of ether oxygens (including phenoxy) is 1. The summed E-state index contributed by atoms with van der Waals surface area (Å²) < 4.78 is 5.31. The maximum absolute atomic E-state index is 12.2. The molecule has 1 aromatic rings. The molecule has 1 aliphatic heterocycles. The summed E-state index contributed by atoms with van der Waals surface area (Å²) in [6.07, 6.45) is 0.185. The molecule has 1 aromatic carbocycles. The van der Waals surface area contributed by atoms with E-state index in [1.807, 2.05) is 0 Å². The fraction of sp³-hybridized carbons (Fsp3) is 0.529. The summed E-state index contributed by atoms with van der Waals surface area (Å²) in [5.41, 5.74) is 0.401. The summed E-state index contributed by atoms with van der Waals surface area (Å²) in [6, 6.07) is 5.03. The second-order valence-electron chi connectivity index (χ2n) is 5.85. The van der Waals surface area contributed by atoms with Crippen molar-refractivity contribution in [3.05, 3.63) is 28.2 Å². The molecule has 1 fully saturated rings. The van der Waals surface area contributed by atoms with E-state index >= 15 is 0 Å². The van der Waals surface area contributed by atoms with Crippen LogP contribution in [0.5, 0.6) is 0 Å². The normalized spacial score (nSPS) is 15.0. The first-order chi connectivity index (χ1) is 12.0. The number of hydrogen-bond acceptors (Lipinski definition) is 4. The molecule has 25 heavy (non-hydrogen) atoms. The number of nitrogens with one attached hydrogen (secondary N) is 1. The Bertz CT molecular complexity index is 587. The van der Waals surface area contributed by atoms with Gasteiger partial charge in [0, 0.05) is 46.1 Å². The van der Waals surface area contributed by atoms with E-state index in [1.165, 1.54) is 6.92 Å². The summed E-state index contributed by atoms with van der Waals surface area (Å²) in [6.45, 7) is 6.43. The van der Waals surface area contributed by atoms with Crippen LogP contribution in [-0.2, 0) is 14.3 Å². The fourth-order valence-corrected chi connectivity index (χ4v) is 3.06. The van der Waals surface area contributed by atoms with Gasteiger partial charge in [-0.25, -0.2) is 0 Å². The Morgan fingerprint density at radius 3 is 2.44 bits per heavy atom. The van der Waals surface area contributed by atoms with Gasteiger partial charge in [0.2, 0.25) is 11.8 Å². The molecule has 0 atom stereocenters. The standard InChI is InChI=1S/C17H23Cl2N3O3/c1-13(23)22(8-7-21-9-11-25-12-10-21)6-5-16(24)20-17-14(18)3-2-4-15(17)19/h2-4H,5-12H2,1H3,(H,20,24). The van der Waals surface area contributed by atoms with Gasteiger partial charge in [0.05, 0.1) is 28.9 Å². The number of rotatable bonds is 7. The fourth-order valence-electron chi connectivity index (χ4n) is 2.57. The Kier molecular flexibility index (Phi) is 7.96. The minimum atomic E-state index is -0.229. The van der Waals surface area contributed by atoms with Gasteiger partial charge in [-0.05, 0) is 12.1 Å². The van der Waals surface area contributed by atoms with Crippen molar-refractivity contribution in [2.75, 3.05) is 51.3 Å². The van der Waals surface area contributed by atoms with Crippen LogP contribution in [0.15, 0.2) is 18.2 Å². The van der Waals surface area contributed by atoms with E-state index in [4.69, 9.17) is 27.9 Å². The van der Waals surface area contributed by atoms with Gasteiger partial charge in [-0.3, -0.25) is 14.5 Å². The molecule has 1 heterocycles. The van der Waals surface area contributed by atoms with Gasteiger partial charge in [-0.15, -0.1) is 0 Å². The highest BCUT2D eigenvalue weighted by Gasteiger charge is 2.16. The highest BCUT2D eigenvalue weighted by atomic mass is 35.5. The lowest BCUT2D eigenvalue weighted by Crippen LogP contribution is -2.43. The Morgan fingerprint density at radius 1 is 1.20 bits per heavy atom. The van der Waals surface area contributed by atoms with Gasteiger partial charge in [-0.2, -0.15) is 0 Å². The Hall–Kier alpha value is -1.34. The van der Waals surface area contributed by atoms with Crippen molar-refractivity contribution in [3.63, 3.8) is 0 Å². The lowest BCUT2D eigenvalue weighted by Gasteiger charge is -2.29. The summed E-state index contributed by atoms with van der Waals surface area (Å²) >= 11 is 12.1. The molecule has 0 bridgehead atoms. The van der Waals surface area contributed by atoms with Crippen LogP contribution in [-0.4, -0.2) is 67.6 Å². The number of carbonyl (C=O) groups is 2. The first kappa shape index (κ1) is 20.0. The van der Waals surface area contributed by atoms with E-state index in [1.54, 1.807) is 23.1 Å². The quantitative estimate of drug-likeness (QED) is 0.780. The third-order valence-corrected chi connectivity index (χ3v) is 4.70. The Labute approximate surface area is 158 Å². The highest BCUT2D eigenvalue weighted by Crippen LogP contribution is 2.29. The number of amides is 2. The first-order valence-corrected chi connectivity index (χ1v) is 9.02. The molecule has 8 heteroatoms. The van der Waals surface area contributed by atoms with Crippen molar-refractivity contribution in [3.8, 4) is 0 Å². The molecule has 0 aliphatic carbocycles. The number of halogens is 2. The molecule has 2 amide bonds. The number of carbonyl (C=O) groups excluding carboxylic acids is 2. The smallest absolute Gasteiger partial charge is 0.226 e. The molecule has 0 saturated carbocycles. The van der Waals surface area contributed by atoms with Crippen molar-refractivity contribution in [2.45, 2.75) is 13.3 Å². The minimum absolute atomic E-state index is 0.0446. The second kappa shape index (κ2) is 9.97. The zero-order valence-corrected chi connectivity index (χ0v) is 15.8. The average molecular weight is 388 g/mol. The lowest BCUT2D eigenvalue weighted by atomic mass is 10.3. The van der Waals surface area contributed by atoms with E-state index in [9.17, 15) is 9.59 Å². The van der Waals surface area contributed by atoms with E-state index in [-0.39, 0.29) is 18.2 Å². The van der Waals surface area contributed by atoms with E-state index in [2.05, 4.69) is 10.2 Å². The number of para-hydroxylation sites is 1. The predicted octanol–water partition coefficient (Wildman–Crippen LogP) is 2.50. The number of nitrogens with zero attached hydrogens (tertiary/aromatic N) is 2. The molecular weight excluding hydrogens is 365 g/mol. The molecule has 1 N–H and O–H groups in total. The Balaban J connectivity index is 1.81. The van der Waals surface area contributed by atoms with Gasteiger partial charge in [0.15, 0.2) is 0 Å². The van der Waals surface area contributed by atoms with Crippen LogP contribution in [0.4, 0.5) is 5.69 Å². The SMILES string of the molecule is CC(=O)N(CCC(=O)Nc1c(Cl)cccc1Cl)CCN1CCOCC1. The van der Waals surface area contributed by atoms with Gasteiger partial charge < -0.3 is 15.0 Å². The van der Waals surface area contributed by atoms with Crippen molar-refractivity contribution < 1.29 is 14.3 Å². The van der Waals surface area contributed by atoms with E-state index < -0.39 is 0 Å². The summed E-state index contributed by atoms with van der Waals surface area (Å²) in [7, 11) is 0. The molecule has 2 rings (SSSR count). The largest absolute Gasteiger partial charge is 0.379 e. The predicted molar refractivity (Wildman–Crippen MR) is 99.2 cm³/mol. The number of morpholine rings is 1. The molecule has 1 aliphatic rings. The number of hydrogen-bond donors (Lipinski definition) is 1. The zero-order valence-electron chi connectivity index (χ0n) is 14.3. The van der Waals surface area contributed by atoms with E-state index in [0.29, 0.717) is 28.8 Å². The van der Waals surface area contributed by atoms with E-state index in [0.717, 1.165) is 32.8 Å². The zero-order chi connectivity index (χ0) is 18.2. The molecule has 6 nitrogen and oxygen atoms in total. The highest BCUT2D eigenvalue weighted by molar-refractivity contribution is 6.39. The molecule has 0 aromatic heterocycles. The maximum Gasteiger partial charge on any atom is 0.226 e.